The van der Waals surface area contributed by atoms with Crippen LogP contribution in [0, 0.1) is 0 Å². The molecule has 0 spiro atoms. The van der Waals surface area contributed by atoms with Crippen molar-refractivity contribution in [2.45, 2.75) is 24.0 Å². The molecular formula is C14H11F5O3S. The molecule has 0 aliphatic heterocycles. The topological polar surface area (TPSA) is 54.4 Å². The highest BCUT2D eigenvalue weighted by Gasteiger charge is 2.71. The van der Waals surface area contributed by atoms with Crippen molar-refractivity contribution >= 4 is 10.1 Å². The van der Waals surface area contributed by atoms with Gasteiger partial charge in [-0.1, -0.05) is 30.3 Å². The molecule has 0 saturated heterocycles. The molecule has 3 nitrogen and oxygen atoms in total. The van der Waals surface area contributed by atoms with Gasteiger partial charge in [0.25, 0.3) is 0 Å². The lowest BCUT2D eigenvalue weighted by molar-refractivity contribution is 0.0256. The van der Waals surface area contributed by atoms with E-state index in [9.17, 15) is 26.0 Å². The molecule has 23 heavy (non-hydrogen) atoms. The number of benzene rings is 1. The standard InChI is InChI=1S/C14H11F5O3S/c1-8-10(15)12(17)14(19,23(20,21)22)13(18,11(8)16)7-9-5-3-2-4-6-9/h2-6H,7H2,1H3,(H,20,21,22). The van der Waals surface area contributed by atoms with Crippen LogP contribution < -0.4 is 0 Å². The number of hydrogen-bond acceptors (Lipinski definition) is 2. The zero-order valence-electron chi connectivity index (χ0n) is 11.7. The fraction of sp³-hybridized carbons (Fsp3) is 0.286. The minimum Gasteiger partial charge on any atom is -0.283 e. The summed E-state index contributed by atoms with van der Waals surface area (Å²) >= 11 is 0. The summed E-state index contributed by atoms with van der Waals surface area (Å²) in [5.74, 6) is -7.07. The summed E-state index contributed by atoms with van der Waals surface area (Å²) in [6, 6.07) is 6.66. The molecule has 0 amide bonds. The van der Waals surface area contributed by atoms with Crippen molar-refractivity contribution < 1.29 is 34.9 Å². The first-order valence-electron chi connectivity index (χ1n) is 6.28. The van der Waals surface area contributed by atoms with Crippen molar-refractivity contribution in [3.8, 4) is 0 Å². The van der Waals surface area contributed by atoms with Crippen molar-refractivity contribution in [3.05, 3.63) is 58.9 Å². The van der Waals surface area contributed by atoms with E-state index < -0.39 is 50.3 Å². The second kappa shape index (κ2) is 5.41. The molecule has 1 aliphatic carbocycles. The molecule has 0 fully saturated rings. The molecule has 2 rings (SSSR count). The lowest BCUT2D eigenvalue weighted by Gasteiger charge is -2.38. The van der Waals surface area contributed by atoms with E-state index in [2.05, 4.69) is 0 Å². The summed E-state index contributed by atoms with van der Waals surface area (Å²) in [5.41, 5.74) is -5.46. The lowest BCUT2D eigenvalue weighted by Crippen LogP contribution is -2.57. The molecule has 0 radical (unpaired) electrons. The second-order valence-corrected chi connectivity index (χ2v) is 6.61. The smallest absolute Gasteiger partial charge is 0.283 e. The molecule has 1 aliphatic rings. The zero-order valence-corrected chi connectivity index (χ0v) is 12.5. The summed E-state index contributed by atoms with van der Waals surface area (Å²) in [7, 11) is -6.18. The van der Waals surface area contributed by atoms with Gasteiger partial charge in [-0.3, -0.25) is 4.55 Å². The molecule has 0 heterocycles. The zero-order chi connectivity index (χ0) is 17.6. The molecule has 2 unspecified atom stereocenters. The SMILES string of the molecule is CC1=C(F)C(F)(Cc2ccccc2)C(F)(S(=O)(=O)O)C(F)=C1F. The van der Waals surface area contributed by atoms with Crippen LogP contribution >= 0.6 is 0 Å². The number of allylic oxidation sites excluding steroid dienone is 3. The Morgan fingerprint density at radius 3 is 2.04 bits per heavy atom. The van der Waals surface area contributed by atoms with E-state index in [0.717, 1.165) is 0 Å². The van der Waals surface area contributed by atoms with Gasteiger partial charge in [0.15, 0.2) is 11.7 Å². The van der Waals surface area contributed by atoms with Gasteiger partial charge in [-0.25, -0.2) is 22.0 Å². The molecule has 9 heteroatoms. The third-order valence-corrected chi connectivity index (χ3v) is 4.85. The van der Waals surface area contributed by atoms with Crippen LogP contribution in [0.1, 0.15) is 12.5 Å². The molecule has 1 aromatic carbocycles. The minimum absolute atomic E-state index is 0.0845. The largest absolute Gasteiger partial charge is 0.328 e. The highest BCUT2D eigenvalue weighted by Crippen LogP contribution is 2.54. The van der Waals surface area contributed by atoms with Crippen LogP contribution in [-0.2, 0) is 16.5 Å². The molecule has 0 aromatic heterocycles. The molecule has 126 valence electrons. The molecule has 0 saturated carbocycles. The van der Waals surface area contributed by atoms with Gasteiger partial charge in [-0.05, 0) is 12.5 Å². The molecular weight excluding hydrogens is 343 g/mol. The average molecular weight is 354 g/mol. The summed E-state index contributed by atoms with van der Waals surface area (Å²) in [5, 5.41) is -4.93. The Morgan fingerprint density at radius 2 is 1.57 bits per heavy atom. The Labute approximate surface area is 128 Å². The van der Waals surface area contributed by atoms with Gasteiger partial charge in [0.05, 0.1) is 0 Å². The summed E-state index contributed by atoms with van der Waals surface area (Å²) in [6.45, 7) is 0.632. The summed E-state index contributed by atoms with van der Waals surface area (Å²) in [6.07, 6.45) is -1.27. The third-order valence-electron chi connectivity index (χ3n) is 3.64. The fourth-order valence-electron chi connectivity index (χ4n) is 2.40. The summed E-state index contributed by atoms with van der Waals surface area (Å²) < 4.78 is 103. The van der Waals surface area contributed by atoms with E-state index in [1.165, 1.54) is 30.3 Å². The van der Waals surface area contributed by atoms with Gasteiger partial charge >= 0.3 is 15.1 Å². The van der Waals surface area contributed by atoms with Crippen LogP contribution in [0.4, 0.5) is 22.0 Å². The lowest BCUT2D eigenvalue weighted by atomic mass is 9.83. The molecule has 1 N–H and O–H groups in total. The van der Waals surface area contributed by atoms with Gasteiger partial charge in [0.1, 0.15) is 5.83 Å². The van der Waals surface area contributed by atoms with Crippen molar-refractivity contribution in [1.82, 2.24) is 0 Å². The summed E-state index contributed by atoms with van der Waals surface area (Å²) in [4.78, 5) is 0. The number of alkyl halides is 2. The van der Waals surface area contributed by atoms with Crippen LogP contribution in [0.2, 0.25) is 0 Å². The van der Waals surface area contributed by atoms with E-state index >= 15 is 4.39 Å². The number of halogens is 5. The quantitative estimate of drug-likeness (QED) is 0.662. The van der Waals surface area contributed by atoms with Crippen LogP contribution in [0.15, 0.2) is 53.4 Å². The van der Waals surface area contributed by atoms with E-state index in [1.807, 2.05) is 0 Å². The first kappa shape index (κ1) is 17.6. The van der Waals surface area contributed by atoms with E-state index in [0.29, 0.717) is 6.92 Å². The highest BCUT2D eigenvalue weighted by molar-refractivity contribution is 7.87. The van der Waals surface area contributed by atoms with Crippen LogP contribution in [0.5, 0.6) is 0 Å². The third kappa shape index (κ3) is 2.38. The Balaban J connectivity index is 2.76. The highest BCUT2D eigenvalue weighted by atomic mass is 32.2. The Kier molecular flexibility index (Phi) is 4.15. The molecule has 1 aromatic rings. The predicted molar refractivity (Wildman–Crippen MR) is 72.4 cm³/mol. The Bertz CT molecular complexity index is 803. The van der Waals surface area contributed by atoms with Crippen LogP contribution in [-0.4, -0.2) is 23.6 Å². The number of rotatable bonds is 3. The van der Waals surface area contributed by atoms with E-state index in [1.54, 1.807) is 0 Å². The Morgan fingerprint density at radius 1 is 1.04 bits per heavy atom. The van der Waals surface area contributed by atoms with Crippen LogP contribution in [0.25, 0.3) is 0 Å². The first-order chi connectivity index (χ1) is 10.5. The van der Waals surface area contributed by atoms with E-state index in [4.69, 9.17) is 4.55 Å². The normalized spacial score (nSPS) is 29.2. The monoisotopic (exact) mass is 354 g/mol. The maximum absolute atomic E-state index is 15.1. The van der Waals surface area contributed by atoms with E-state index in [-0.39, 0.29) is 5.56 Å². The van der Waals surface area contributed by atoms with Gasteiger partial charge < -0.3 is 0 Å². The average Bonchev–Trinajstić information content (AvgIpc) is 2.49. The first-order valence-corrected chi connectivity index (χ1v) is 7.72. The maximum atomic E-state index is 15.1. The van der Waals surface area contributed by atoms with Gasteiger partial charge in [-0.15, -0.1) is 0 Å². The molecule has 2 atom stereocenters. The van der Waals surface area contributed by atoms with Gasteiger partial charge in [-0.2, -0.15) is 8.42 Å². The van der Waals surface area contributed by atoms with Crippen molar-refractivity contribution in [3.63, 3.8) is 0 Å². The maximum Gasteiger partial charge on any atom is 0.328 e. The molecule has 0 bridgehead atoms. The number of hydrogen-bond donors (Lipinski definition) is 1. The Hall–Kier alpha value is -1.74. The van der Waals surface area contributed by atoms with Crippen LogP contribution in [0.3, 0.4) is 0 Å². The van der Waals surface area contributed by atoms with Crippen molar-refractivity contribution in [2.24, 2.45) is 0 Å². The van der Waals surface area contributed by atoms with Crippen molar-refractivity contribution in [1.29, 1.82) is 0 Å². The van der Waals surface area contributed by atoms with Crippen molar-refractivity contribution in [2.75, 3.05) is 0 Å². The van der Waals surface area contributed by atoms with Gasteiger partial charge in [0, 0.05) is 12.0 Å². The predicted octanol–water partition coefficient (Wildman–Crippen LogP) is 3.90. The fourth-order valence-corrected chi connectivity index (χ4v) is 3.29. The second-order valence-electron chi connectivity index (χ2n) is 5.10. The minimum atomic E-state index is -6.18. The van der Waals surface area contributed by atoms with Gasteiger partial charge in [0.2, 0.25) is 5.67 Å².